The van der Waals surface area contributed by atoms with Crippen LogP contribution < -0.4 is 5.32 Å². The minimum Gasteiger partial charge on any atom is -0.451 e. The first kappa shape index (κ1) is 16.2. The van der Waals surface area contributed by atoms with Crippen molar-refractivity contribution in [3.05, 3.63) is 59.3 Å². The first-order chi connectivity index (χ1) is 10.3. The van der Waals surface area contributed by atoms with Crippen LogP contribution >= 0.6 is 11.6 Å². The van der Waals surface area contributed by atoms with Crippen molar-refractivity contribution in [2.45, 2.75) is 6.18 Å². The van der Waals surface area contributed by atoms with Gasteiger partial charge in [0.15, 0.2) is 5.76 Å². The molecule has 22 heavy (non-hydrogen) atoms. The second-order valence-electron chi connectivity index (χ2n) is 4.35. The Morgan fingerprint density at radius 2 is 2.05 bits per heavy atom. The van der Waals surface area contributed by atoms with Gasteiger partial charge in [-0.1, -0.05) is 17.7 Å². The van der Waals surface area contributed by atoms with Gasteiger partial charge in [0.25, 0.3) is 5.91 Å². The number of alkyl halides is 3. The van der Waals surface area contributed by atoms with Gasteiger partial charge in [-0.05, 0) is 30.3 Å². The molecule has 0 spiro atoms. The summed E-state index contributed by atoms with van der Waals surface area (Å²) in [7, 11) is 0. The van der Waals surface area contributed by atoms with Crippen LogP contribution in [-0.2, 0) is 6.18 Å². The number of hydrogen-bond acceptors (Lipinski definition) is 2. The maximum absolute atomic E-state index is 12.7. The van der Waals surface area contributed by atoms with E-state index in [2.05, 4.69) is 11.9 Å². The fraction of sp³-hybridized carbons (Fsp3) is 0.133. The lowest BCUT2D eigenvalue weighted by Crippen LogP contribution is -2.22. The summed E-state index contributed by atoms with van der Waals surface area (Å²) in [4.78, 5) is 11.7. The van der Waals surface area contributed by atoms with E-state index < -0.39 is 17.6 Å². The van der Waals surface area contributed by atoms with Crippen LogP contribution in [0.25, 0.3) is 11.3 Å². The highest BCUT2D eigenvalue weighted by molar-refractivity contribution is 6.33. The number of carbonyl (C=O) groups excluding carboxylic acids is 1. The molecular formula is C15H11ClF3NO2. The van der Waals surface area contributed by atoms with Crippen LogP contribution in [0.15, 0.2) is 47.4 Å². The maximum Gasteiger partial charge on any atom is 0.416 e. The van der Waals surface area contributed by atoms with Crippen LogP contribution in [0.5, 0.6) is 0 Å². The third kappa shape index (κ3) is 3.51. The lowest BCUT2D eigenvalue weighted by Gasteiger charge is -2.09. The fourth-order valence-corrected chi connectivity index (χ4v) is 1.96. The van der Waals surface area contributed by atoms with Gasteiger partial charge >= 0.3 is 6.18 Å². The first-order valence-corrected chi connectivity index (χ1v) is 6.57. The summed E-state index contributed by atoms with van der Waals surface area (Å²) in [6, 6.07) is 5.66. The highest BCUT2D eigenvalue weighted by atomic mass is 35.5. The number of nitrogens with one attached hydrogen (secondary N) is 1. The second-order valence-corrected chi connectivity index (χ2v) is 4.76. The summed E-state index contributed by atoms with van der Waals surface area (Å²) in [5.74, 6) is -0.431. The molecule has 0 saturated carbocycles. The zero-order valence-electron chi connectivity index (χ0n) is 11.2. The van der Waals surface area contributed by atoms with Gasteiger partial charge in [0.05, 0.1) is 10.6 Å². The van der Waals surface area contributed by atoms with Gasteiger partial charge in [-0.2, -0.15) is 13.2 Å². The Hall–Kier alpha value is -2.21. The van der Waals surface area contributed by atoms with Crippen LogP contribution in [0.3, 0.4) is 0 Å². The zero-order chi connectivity index (χ0) is 16.3. The standard InChI is InChI=1S/C15H11ClF3NO2/c1-2-7-20-14(21)13-6-5-12(22-13)10-8-9(15(17,18)19)3-4-11(10)16/h2-6,8H,1,7H2,(H,20,21). The number of halogens is 4. The van der Waals surface area contributed by atoms with Crippen molar-refractivity contribution in [2.24, 2.45) is 0 Å². The van der Waals surface area contributed by atoms with Gasteiger partial charge in [0.1, 0.15) is 5.76 Å². The number of hydrogen-bond donors (Lipinski definition) is 1. The molecule has 1 aromatic heterocycles. The van der Waals surface area contributed by atoms with Gasteiger partial charge in [-0.25, -0.2) is 0 Å². The smallest absolute Gasteiger partial charge is 0.416 e. The average Bonchev–Trinajstić information content (AvgIpc) is 2.93. The van der Waals surface area contributed by atoms with Crippen molar-refractivity contribution in [3.8, 4) is 11.3 Å². The fourth-order valence-electron chi connectivity index (χ4n) is 1.75. The molecule has 0 aliphatic rings. The summed E-state index contributed by atoms with van der Waals surface area (Å²) in [6.45, 7) is 3.70. The third-order valence-electron chi connectivity index (χ3n) is 2.80. The van der Waals surface area contributed by atoms with Crippen LogP contribution in [0.2, 0.25) is 5.02 Å². The number of furan rings is 1. The molecule has 0 unspecified atom stereocenters. The molecule has 0 atom stereocenters. The van der Waals surface area contributed by atoms with E-state index >= 15 is 0 Å². The van der Waals surface area contributed by atoms with E-state index in [9.17, 15) is 18.0 Å². The van der Waals surface area contributed by atoms with Crippen molar-refractivity contribution in [2.75, 3.05) is 6.54 Å². The van der Waals surface area contributed by atoms with Gasteiger partial charge in [-0.3, -0.25) is 4.79 Å². The Labute approximate surface area is 129 Å². The molecule has 0 radical (unpaired) electrons. The second kappa shape index (κ2) is 6.27. The Bertz CT molecular complexity index is 707. The number of rotatable bonds is 4. The van der Waals surface area contributed by atoms with Crippen molar-refractivity contribution < 1.29 is 22.4 Å². The topological polar surface area (TPSA) is 42.2 Å². The van der Waals surface area contributed by atoms with Crippen LogP contribution in [-0.4, -0.2) is 12.5 Å². The molecule has 3 nitrogen and oxygen atoms in total. The molecule has 2 rings (SSSR count). The van der Waals surface area contributed by atoms with Crippen LogP contribution in [0.1, 0.15) is 16.1 Å². The van der Waals surface area contributed by atoms with Crippen LogP contribution in [0, 0.1) is 0 Å². The van der Waals surface area contributed by atoms with Crippen LogP contribution in [0.4, 0.5) is 13.2 Å². The van der Waals surface area contributed by atoms with E-state index in [1.165, 1.54) is 18.2 Å². The first-order valence-electron chi connectivity index (χ1n) is 6.19. The zero-order valence-corrected chi connectivity index (χ0v) is 12.0. The molecule has 2 aromatic rings. The molecule has 0 saturated heterocycles. The third-order valence-corrected chi connectivity index (χ3v) is 3.13. The highest BCUT2D eigenvalue weighted by Crippen LogP contribution is 2.36. The van der Waals surface area contributed by atoms with E-state index in [4.69, 9.17) is 16.0 Å². The summed E-state index contributed by atoms with van der Waals surface area (Å²) in [5.41, 5.74) is -0.778. The number of benzene rings is 1. The molecule has 1 N–H and O–H groups in total. The molecule has 0 aliphatic carbocycles. The van der Waals surface area contributed by atoms with Gasteiger partial charge < -0.3 is 9.73 Å². The van der Waals surface area contributed by atoms with Crippen molar-refractivity contribution >= 4 is 17.5 Å². The minimum absolute atomic E-state index is 0.0228. The van der Waals surface area contributed by atoms with Gasteiger partial charge in [-0.15, -0.1) is 6.58 Å². The van der Waals surface area contributed by atoms with E-state index in [0.717, 1.165) is 18.2 Å². The molecule has 0 aliphatic heterocycles. The van der Waals surface area contributed by atoms with E-state index in [1.807, 2.05) is 0 Å². The lowest BCUT2D eigenvalue weighted by molar-refractivity contribution is -0.137. The molecule has 0 fully saturated rings. The van der Waals surface area contributed by atoms with E-state index in [1.54, 1.807) is 0 Å². The quantitative estimate of drug-likeness (QED) is 0.837. The molecule has 1 amide bonds. The summed E-state index contributed by atoms with van der Waals surface area (Å²) < 4.78 is 43.5. The average molecular weight is 330 g/mol. The van der Waals surface area contributed by atoms with E-state index in [-0.39, 0.29) is 28.7 Å². The Balaban J connectivity index is 2.35. The van der Waals surface area contributed by atoms with Crippen molar-refractivity contribution in [3.63, 3.8) is 0 Å². The van der Waals surface area contributed by atoms with Gasteiger partial charge in [0, 0.05) is 12.1 Å². The maximum atomic E-state index is 12.7. The molecule has 1 heterocycles. The normalized spacial score (nSPS) is 11.3. The molecule has 116 valence electrons. The monoisotopic (exact) mass is 329 g/mol. The Morgan fingerprint density at radius 1 is 1.32 bits per heavy atom. The SMILES string of the molecule is C=CCNC(=O)c1ccc(-c2cc(C(F)(F)F)ccc2Cl)o1. The molecule has 0 bridgehead atoms. The molecular weight excluding hydrogens is 319 g/mol. The van der Waals surface area contributed by atoms with Gasteiger partial charge in [0.2, 0.25) is 0 Å². The number of amides is 1. The molecule has 1 aromatic carbocycles. The predicted molar refractivity (Wildman–Crippen MR) is 76.7 cm³/mol. The Morgan fingerprint density at radius 3 is 2.68 bits per heavy atom. The lowest BCUT2D eigenvalue weighted by atomic mass is 10.1. The predicted octanol–water partition coefficient (Wildman–Crippen LogP) is 4.53. The van der Waals surface area contributed by atoms with Crippen molar-refractivity contribution in [1.29, 1.82) is 0 Å². The largest absolute Gasteiger partial charge is 0.451 e. The summed E-state index contributed by atoms with van der Waals surface area (Å²) >= 11 is 5.91. The highest BCUT2D eigenvalue weighted by Gasteiger charge is 2.31. The Kier molecular flexibility index (Phi) is 4.61. The summed E-state index contributed by atoms with van der Waals surface area (Å²) in [5, 5.41) is 2.60. The summed E-state index contributed by atoms with van der Waals surface area (Å²) in [6.07, 6.45) is -3.00. The minimum atomic E-state index is -4.49. The number of carbonyl (C=O) groups is 1. The molecule has 7 heteroatoms. The van der Waals surface area contributed by atoms with E-state index in [0.29, 0.717) is 0 Å². The van der Waals surface area contributed by atoms with Crippen molar-refractivity contribution in [1.82, 2.24) is 5.32 Å².